The number of nitrogens with two attached hydrogens (primary N) is 1. The van der Waals surface area contributed by atoms with E-state index in [1.165, 1.54) is 0 Å². The fraction of sp³-hybridized carbons (Fsp3) is 0.333. The summed E-state index contributed by atoms with van der Waals surface area (Å²) in [5.41, 5.74) is 7.10. The molecule has 0 heterocycles. The van der Waals surface area contributed by atoms with E-state index in [0.29, 0.717) is 12.1 Å². The lowest BCUT2D eigenvalue weighted by atomic mass is 10.1. The topological polar surface area (TPSA) is 69.2 Å². The summed E-state index contributed by atoms with van der Waals surface area (Å²) in [6.07, 6.45) is 0.452. The molecule has 1 atom stereocenters. The molecule has 0 radical (unpaired) electrons. The molecule has 0 spiro atoms. The molecule has 0 aliphatic carbocycles. The minimum absolute atomic E-state index is 0.281. The van der Waals surface area contributed by atoms with Gasteiger partial charge in [-0.25, -0.2) is 0 Å². The molecule has 1 aromatic carbocycles. The van der Waals surface area contributed by atoms with Crippen LogP contribution in [-0.2, 0) is 6.42 Å². The molecule has 0 aromatic heterocycles. The lowest BCUT2D eigenvalue weighted by Gasteiger charge is -2.03. The van der Waals surface area contributed by atoms with Gasteiger partial charge >= 0.3 is 0 Å². The standard InChI is InChI=1S/C9H12N2O2/c1-7(11(12)13)6-8-2-4-9(10)5-3-8/h2-5,7H,6,10H2,1H3. The first kappa shape index (κ1) is 9.51. The van der Waals surface area contributed by atoms with Crippen LogP contribution >= 0.6 is 0 Å². The normalized spacial score (nSPS) is 12.4. The maximum absolute atomic E-state index is 10.4. The molecule has 4 heteroatoms. The molecule has 0 saturated carbocycles. The first-order valence-corrected chi connectivity index (χ1v) is 4.07. The van der Waals surface area contributed by atoms with Gasteiger partial charge in [0.1, 0.15) is 0 Å². The molecule has 0 bridgehead atoms. The van der Waals surface area contributed by atoms with Gasteiger partial charge in [-0.2, -0.15) is 0 Å². The van der Waals surface area contributed by atoms with Gasteiger partial charge in [0, 0.05) is 24.0 Å². The summed E-state index contributed by atoms with van der Waals surface area (Å²) in [5.74, 6) is 0. The monoisotopic (exact) mass is 180 g/mol. The van der Waals surface area contributed by atoms with Crippen LogP contribution < -0.4 is 5.73 Å². The van der Waals surface area contributed by atoms with E-state index in [-0.39, 0.29) is 4.92 Å². The third-order valence-corrected chi connectivity index (χ3v) is 1.87. The Morgan fingerprint density at radius 3 is 2.46 bits per heavy atom. The van der Waals surface area contributed by atoms with E-state index in [1.807, 2.05) is 12.1 Å². The Bertz CT molecular complexity index is 295. The summed E-state index contributed by atoms with van der Waals surface area (Å²) in [6, 6.07) is 6.60. The zero-order valence-corrected chi connectivity index (χ0v) is 7.43. The van der Waals surface area contributed by atoms with Crippen LogP contribution in [0.4, 0.5) is 5.69 Å². The van der Waals surface area contributed by atoms with Gasteiger partial charge < -0.3 is 5.73 Å². The number of hydrogen-bond acceptors (Lipinski definition) is 3. The number of benzene rings is 1. The first-order valence-electron chi connectivity index (χ1n) is 4.07. The number of nitrogen functional groups attached to an aromatic ring is 1. The molecule has 1 rings (SSSR count). The number of nitrogens with zero attached hydrogens (tertiary/aromatic N) is 1. The van der Waals surface area contributed by atoms with Crippen LogP contribution in [0.2, 0.25) is 0 Å². The summed E-state index contributed by atoms with van der Waals surface area (Å²) in [7, 11) is 0. The van der Waals surface area contributed by atoms with E-state index in [0.717, 1.165) is 5.56 Å². The maximum atomic E-state index is 10.4. The summed E-state index contributed by atoms with van der Waals surface area (Å²) in [5, 5.41) is 10.4. The zero-order chi connectivity index (χ0) is 9.84. The molecule has 70 valence electrons. The third-order valence-electron chi connectivity index (χ3n) is 1.87. The fourth-order valence-electron chi connectivity index (χ4n) is 1.07. The number of nitro groups is 1. The highest BCUT2D eigenvalue weighted by Crippen LogP contribution is 2.08. The lowest BCUT2D eigenvalue weighted by molar-refractivity contribution is -0.517. The van der Waals surface area contributed by atoms with E-state index >= 15 is 0 Å². The second kappa shape index (κ2) is 3.89. The van der Waals surface area contributed by atoms with Crippen LogP contribution in [0.3, 0.4) is 0 Å². The van der Waals surface area contributed by atoms with Crippen molar-refractivity contribution < 1.29 is 4.92 Å². The highest BCUT2D eigenvalue weighted by atomic mass is 16.6. The van der Waals surface area contributed by atoms with Gasteiger partial charge in [-0.3, -0.25) is 10.1 Å². The van der Waals surface area contributed by atoms with Crippen LogP contribution in [-0.4, -0.2) is 11.0 Å². The van der Waals surface area contributed by atoms with Gasteiger partial charge in [-0.15, -0.1) is 0 Å². The summed E-state index contributed by atoms with van der Waals surface area (Å²) < 4.78 is 0. The molecule has 0 fully saturated rings. The quantitative estimate of drug-likeness (QED) is 0.435. The van der Waals surface area contributed by atoms with Gasteiger partial charge in [-0.1, -0.05) is 12.1 Å². The van der Waals surface area contributed by atoms with Crippen LogP contribution in [0.25, 0.3) is 0 Å². The summed E-state index contributed by atoms with van der Waals surface area (Å²) in [4.78, 5) is 10.1. The molecule has 0 aliphatic heterocycles. The highest BCUT2D eigenvalue weighted by molar-refractivity contribution is 5.39. The van der Waals surface area contributed by atoms with Crippen molar-refractivity contribution in [2.75, 3.05) is 5.73 Å². The van der Waals surface area contributed by atoms with E-state index in [1.54, 1.807) is 19.1 Å². The molecular weight excluding hydrogens is 168 g/mol. The average molecular weight is 180 g/mol. The smallest absolute Gasteiger partial charge is 0.214 e. The van der Waals surface area contributed by atoms with E-state index in [9.17, 15) is 10.1 Å². The van der Waals surface area contributed by atoms with Crippen molar-refractivity contribution in [2.45, 2.75) is 19.4 Å². The molecule has 2 N–H and O–H groups in total. The Hall–Kier alpha value is -1.58. The molecule has 1 unspecified atom stereocenters. The Kier molecular flexibility index (Phi) is 2.84. The number of hydrogen-bond donors (Lipinski definition) is 1. The van der Waals surface area contributed by atoms with Crippen molar-refractivity contribution >= 4 is 5.69 Å². The van der Waals surface area contributed by atoms with Gasteiger partial charge in [0.15, 0.2) is 0 Å². The lowest BCUT2D eigenvalue weighted by Crippen LogP contribution is -2.17. The molecule has 0 aliphatic rings. The van der Waals surface area contributed by atoms with Crippen LogP contribution in [0, 0.1) is 10.1 Å². The first-order chi connectivity index (χ1) is 6.09. The van der Waals surface area contributed by atoms with Crippen LogP contribution in [0.5, 0.6) is 0 Å². The fourth-order valence-corrected chi connectivity index (χ4v) is 1.07. The molecule has 0 saturated heterocycles. The third kappa shape index (κ3) is 2.74. The average Bonchev–Trinajstić information content (AvgIpc) is 2.08. The second-order valence-electron chi connectivity index (χ2n) is 3.08. The molecule has 4 nitrogen and oxygen atoms in total. The Labute approximate surface area is 76.5 Å². The largest absolute Gasteiger partial charge is 0.399 e. The minimum Gasteiger partial charge on any atom is -0.399 e. The number of anilines is 1. The maximum Gasteiger partial charge on any atom is 0.214 e. The van der Waals surface area contributed by atoms with Crippen molar-refractivity contribution in [3.8, 4) is 0 Å². The van der Waals surface area contributed by atoms with Crippen molar-refractivity contribution in [2.24, 2.45) is 0 Å². The SMILES string of the molecule is CC(Cc1ccc(N)cc1)[N+](=O)[O-]. The predicted octanol–water partition coefficient (Wildman–Crippen LogP) is 1.48. The van der Waals surface area contributed by atoms with E-state index in [2.05, 4.69) is 0 Å². The van der Waals surface area contributed by atoms with Crippen molar-refractivity contribution in [1.82, 2.24) is 0 Å². The van der Waals surface area contributed by atoms with Crippen molar-refractivity contribution in [3.63, 3.8) is 0 Å². The second-order valence-corrected chi connectivity index (χ2v) is 3.08. The summed E-state index contributed by atoms with van der Waals surface area (Å²) in [6.45, 7) is 1.59. The van der Waals surface area contributed by atoms with Crippen molar-refractivity contribution in [1.29, 1.82) is 0 Å². The van der Waals surface area contributed by atoms with Crippen LogP contribution in [0.1, 0.15) is 12.5 Å². The highest BCUT2D eigenvalue weighted by Gasteiger charge is 2.12. The molecule has 1 aromatic rings. The van der Waals surface area contributed by atoms with Gasteiger partial charge in [0.05, 0.1) is 0 Å². The number of rotatable bonds is 3. The van der Waals surface area contributed by atoms with Crippen LogP contribution in [0.15, 0.2) is 24.3 Å². The zero-order valence-electron chi connectivity index (χ0n) is 7.43. The minimum atomic E-state index is -0.538. The Morgan fingerprint density at radius 2 is 2.00 bits per heavy atom. The molecular formula is C9H12N2O2. The van der Waals surface area contributed by atoms with Gasteiger partial charge in [-0.05, 0) is 17.7 Å². The molecule has 13 heavy (non-hydrogen) atoms. The van der Waals surface area contributed by atoms with Gasteiger partial charge in [0.2, 0.25) is 6.04 Å². The van der Waals surface area contributed by atoms with Gasteiger partial charge in [0.25, 0.3) is 0 Å². The predicted molar refractivity (Wildman–Crippen MR) is 51.0 cm³/mol. The Morgan fingerprint density at radius 1 is 1.46 bits per heavy atom. The molecule has 0 amide bonds. The Balaban J connectivity index is 2.64. The summed E-state index contributed by atoms with van der Waals surface area (Å²) >= 11 is 0. The van der Waals surface area contributed by atoms with Crippen molar-refractivity contribution in [3.05, 3.63) is 39.9 Å². The van der Waals surface area contributed by atoms with E-state index < -0.39 is 6.04 Å². The van der Waals surface area contributed by atoms with E-state index in [4.69, 9.17) is 5.73 Å².